The van der Waals surface area contributed by atoms with Crippen LogP contribution in [0.3, 0.4) is 0 Å². The van der Waals surface area contributed by atoms with Crippen LogP contribution in [-0.4, -0.2) is 14.2 Å². The van der Waals surface area contributed by atoms with Crippen molar-refractivity contribution in [1.29, 1.82) is 0 Å². The highest BCUT2D eigenvalue weighted by Crippen LogP contribution is 2.09. The molecule has 1 aromatic rings. The van der Waals surface area contributed by atoms with Crippen molar-refractivity contribution in [1.82, 2.24) is 0 Å². The number of unbranched alkanes of at least 4 members (excludes halogenated alkanes) is 1. The first-order valence-electron chi connectivity index (χ1n) is 5.29. The van der Waals surface area contributed by atoms with Gasteiger partial charge in [-0.3, -0.25) is 0 Å². The number of aryl methyl sites for hydroxylation is 1. The Hall–Kier alpha value is -0.830. The van der Waals surface area contributed by atoms with E-state index in [4.69, 9.17) is 0 Å². The predicted octanol–water partition coefficient (Wildman–Crippen LogP) is 2.71. The fourth-order valence-electron chi connectivity index (χ4n) is 1.37. The van der Waals surface area contributed by atoms with E-state index in [0.717, 1.165) is 24.0 Å². The zero-order valence-corrected chi connectivity index (χ0v) is 10.2. The van der Waals surface area contributed by atoms with Crippen LogP contribution in [0.4, 0.5) is 0 Å². The van der Waals surface area contributed by atoms with E-state index in [9.17, 15) is 8.42 Å². The Morgan fingerprint density at radius 3 is 2.27 bits per heavy atom. The maximum absolute atomic E-state index is 11.6. The van der Waals surface area contributed by atoms with Crippen molar-refractivity contribution in [2.45, 2.75) is 32.4 Å². The number of benzene rings is 1. The SMILES string of the molecule is CCCCS(=O)(=O)Cc1ccc(C)cc1. The molecule has 3 heteroatoms. The lowest BCUT2D eigenvalue weighted by Crippen LogP contribution is -2.09. The van der Waals surface area contributed by atoms with Crippen LogP contribution in [0.25, 0.3) is 0 Å². The fourth-order valence-corrected chi connectivity index (χ4v) is 2.95. The lowest BCUT2D eigenvalue weighted by atomic mass is 10.2. The van der Waals surface area contributed by atoms with Gasteiger partial charge in [0.25, 0.3) is 0 Å². The molecule has 0 bridgehead atoms. The number of sulfone groups is 1. The molecule has 0 spiro atoms. The van der Waals surface area contributed by atoms with Crippen molar-refractivity contribution in [2.24, 2.45) is 0 Å². The van der Waals surface area contributed by atoms with E-state index < -0.39 is 9.84 Å². The van der Waals surface area contributed by atoms with E-state index in [-0.39, 0.29) is 5.75 Å². The second kappa shape index (κ2) is 5.31. The van der Waals surface area contributed by atoms with Crippen LogP contribution >= 0.6 is 0 Å². The van der Waals surface area contributed by atoms with Crippen LogP contribution in [0.15, 0.2) is 24.3 Å². The largest absolute Gasteiger partial charge is 0.228 e. The summed E-state index contributed by atoms with van der Waals surface area (Å²) in [5.74, 6) is 0.477. The molecular weight excluding hydrogens is 208 g/mol. The summed E-state index contributed by atoms with van der Waals surface area (Å²) >= 11 is 0. The molecule has 0 heterocycles. The predicted molar refractivity (Wildman–Crippen MR) is 63.6 cm³/mol. The normalized spacial score (nSPS) is 11.6. The third kappa shape index (κ3) is 4.47. The van der Waals surface area contributed by atoms with Gasteiger partial charge in [-0.05, 0) is 18.9 Å². The molecule has 0 aliphatic rings. The highest BCUT2D eigenvalue weighted by molar-refractivity contribution is 7.90. The average Bonchev–Trinajstić information content (AvgIpc) is 2.18. The van der Waals surface area contributed by atoms with Gasteiger partial charge in [-0.25, -0.2) is 8.42 Å². The van der Waals surface area contributed by atoms with Crippen LogP contribution in [0.5, 0.6) is 0 Å². The van der Waals surface area contributed by atoms with Crippen LogP contribution in [0.1, 0.15) is 30.9 Å². The molecule has 2 nitrogen and oxygen atoms in total. The van der Waals surface area contributed by atoms with Crippen LogP contribution in [-0.2, 0) is 15.6 Å². The summed E-state index contributed by atoms with van der Waals surface area (Å²) < 4.78 is 23.3. The molecular formula is C12H18O2S. The van der Waals surface area contributed by atoms with Gasteiger partial charge < -0.3 is 0 Å². The van der Waals surface area contributed by atoms with E-state index in [1.807, 2.05) is 38.1 Å². The third-order valence-corrected chi connectivity index (χ3v) is 4.00. The van der Waals surface area contributed by atoms with E-state index in [1.165, 1.54) is 0 Å². The Kier molecular flexibility index (Phi) is 4.33. The smallest absolute Gasteiger partial charge is 0.154 e. The van der Waals surface area contributed by atoms with E-state index in [1.54, 1.807) is 0 Å². The van der Waals surface area contributed by atoms with Gasteiger partial charge in [0.1, 0.15) is 0 Å². The molecule has 0 N–H and O–H groups in total. The summed E-state index contributed by atoms with van der Waals surface area (Å²) in [7, 11) is -2.91. The first-order chi connectivity index (χ1) is 7.03. The van der Waals surface area contributed by atoms with Crippen LogP contribution in [0.2, 0.25) is 0 Å². The Labute approximate surface area is 92.2 Å². The quantitative estimate of drug-likeness (QED) is 0.773. The average molecular weight is 226 g/mol. The molecule has 0 radical (unpaired) electrons. The van der Waals surface area contributed by atoms with E-state index in [0.29, 0.717) is 5.75 Å². The molecule has 0 fully saturated rings. The number of hydrogen-bond acceptors (Lipinski definition) is 2. The summed E-state index contributed by atoms with van der Waals surface area (Å²) in [6.07, 6.45) is 1.68. The zero-order valence-electron chi connectivity index (χ0n) is 9.36. The lowest BCUT2D eigenvalue weighted by molar-refractivity contribution is 0.592. The van der Waals surface area contributed by atoms with Crippen molar-refractivity contribution < 1.29 is 8.42 Å². The molecule has 0 amide bonds. The van der Waals surface area contributed by atoms with Gasteiger partial charge in [-0.1, -0.05) is 43.2 Å². The zero-order chi connectivity index (χ0) is 11.3. The highest BCUT2D eigenvalue weighted by atomic mass is 32.2. The van der Waals surface area contributed by atoms with Gasteiger partial charge in [0.05, 0.1) is 11.5 Å². The van der Waals surface area contributed by atoms with E-state index in [2.05, 4.69) is 0 Å². The molecule has 0 atom stereocenters. The minimum absolute atomic E-state index is 0.174. The molecule has 0 saturated heterocycles. The first kappa shape index (κ1) is 12.2. The highest BCUT2D eigenvalue weighted by Gasteiger charge is 2.10. The van der Waals surface area contributed by atoms with Gasteiger partial charge >= 0.3 is 0 Å². The summed E-state index contributed by atoms with van der Waals surface area (Å²) in [5, 5.41) is 0. The van der Waals surface area contributed by atoms with Crippen molar-refractivity contribution in [3.05, 3.63) is 35.4 Å². The Morgan fingerprint density at radius 1 is 1.13 bits per heavy atom. The number of hydrogen-bond donors (Lipinski definition) is 0. The van der Waals surface area contributed by atoms with Crippen LogP contribution < -0.4 is 0 Å². The molecule has 0 aromatic heterocycles. The maximum atomic E-state index is 11.6. The summed E-state index contributed by atoms with van der Waals surface area (Å²) in [5.41, 5.74) is 2.04. The molecule has 84 valence electrons. The molecule has 15 heavy (non-hydrogen) atoms. The van der Waals surface area contributed by atoms with Gasteiger partial charge in [-0.15, -0.1) is 0 Å². The number of rotatable bonds is 5. The monoisotopic (exact) mass is 226 g/mol. The standard InChI is InChI=1S/C12H18O2S/c1-3-4-9-15(13,14)10-12-7-5-11(2)6-8-12/h5-8H,3-4,9-10H2,1-2H3. The molecule has 0 aliphatic heterocycles. The Balaban J connectivity index is 2.65. The third-order valence-electron chi connectivity index (χ3n) is 2.32. The second-order valence-corrected chi connectivity index (χ2v) is 6.12. The van der Waals surface area contributed by atoms with Crippen molar-refractivity contribution in [3.8, 4) is 0 Å². The fraction of sp³-hybridized carbons (Fsp3) is 0.500. The van der Waals surface area contributed by atoms with Gasteiger partial charge in [0.15, 0.2) is 9.84 Å². The van der Waals surface area contributed by atoms with Gasteiger partial charge in [-0.2, -0.15) is 0 Å². The topological polar surface area (TPSA) is 34.1 Å². The summed E-state index contributed by atoms with van der Waals surface area (Å²) in [6.45, 7) is 4.00. The molecule has 0 saturated carbocycles. The molecule has 1 rings (SSSR count). The molecule has 0 aliphatic carbocycles. The van der Waals surface area contributed by atoms with Gasteiger partial charge in [0, 0.05) is 0 Å². The second-order valence-electron chi connectivity index (χ2n) is 3.93. The Morgan fingerprint density at radius 2 is 1.73 bits per heavy atom. The van der Waals surface area contributed by atoms with Crippen molar-refractivity contribution >= 4 is 9.84 Å². The van der Waals surface area contributed by atoms with Crippen molar-refractivity contribution in [2.75, 3.05) is 5.75 Å². The van der Waals surface area contributed by atoms with E-state index >= 15 is 0 Å². The Bertz CT molecular complexity index is 390. The molecule has 1 aromatic carbocycles. The summed E-state index contributed by atoms with van der Waals surface area (Å²) in [6, 6.07) is 7.67. The first-order valence-corrected chi connectivity index (χ1v) is 7.11. The molecule has 0 unspecified atom stereocenters. The summed E-state index contributed by atoms with van der Waals surface area (Å²) in [4.78, 5) is 0. The lowest BCUT2D eigenvalue weighted by Gasteiger charge is -2.03. The van der Waals surface area contributed by atoms with Gasteiger partial charge in [0.2, 0.25) is 0 Å². The minimum Gasteiger partial charge on any atom is -0.228 e. The maximum Gasteiger partial charge on any atom is 0.154 e. The van der Waals surface area contributed by atoms with Crippen molar-refractivity contribution in [3.63, 3.8) is 0 Å². The minimum atomic E-state index is -2.91. The van der Waals surface area contributed by atoms with Crippen LogP contribution in [0, 0.1) is 6.92 Å².